The average molecular weight is 485 g/mol. The maximum atomic E-state index is 13.4. The lowest BCUT2D eigenvalue weighted by molar-refractivity contribution is -0.131. The smallest absolute Gasteiger partial charge is 0.236 e. The van der Waals surface area contributed by atoms with Crippen molar-refractivity contribution in [1.29, 1.82) is 0 Å². The highest BCUT2D eigenvalue weighted by Crippen LogP contribution is 2.35. The fourth-order valence-electron chi connectivity index (χ4n) is 4.43. The van der Waals surface area contributed by atoms with E-state index in [4.69, 9.17) is 4.74 Å². The van der Waals surface area contributed by atoms with Gasteiger partial charge in [0, 0.05) is 18.8 Å². The zero-order chi connectivity index (χ0) is 24.4. The number of aryl methyl sites for hydroxylation is 1. The quantitative estimate of drug-likeness (QED) is 0.347. The van der Waals surface area contributed by atoms with Gasteiger partial charge in [-0.2, -0.15) is 0 Å². The molecule has 1 unspecified atom stereocenters. The second-order valence-electron chi connectivity index (χ2n) is 8.72. The Bertz CT molecular complexity index is 1350. The first-order valence-corrected chi connectivity index (χ1v) is 12.6. The second-order valence-corrected chi connectivity index (χ2v) is 10.0. The molecule has 35 heavy (non-hydrogen) atoms. The van der Waals surface area contributed by atoms with Gasteiger partial charge < -0.3 is 9.64 Å². The second kappa shape index (κ2) is 9.96. The molecule has 178 valence electrons. The van der Waals surface area contributed by atoms with Crippen LogP contribution < -0.4 is 4.74 Å². The number of methoxy groups -OCH3 is 1. The fraction of sp³-hybridized carbons (Fsp3) is 0.250. The lowest BCUT2D eigenvalue weighted by atomic mass is 10.00. The molecule has 1 aromatic heterocycles. The van der Waals surface area contributed by atoms with Crippen molar-refractivity contribution >= 4 is 17.7 Å². The fourth-order valence-corrected chi connectivity index (χ4v) is 5.38. The molecule has 1 atom stereocenters. The number of ether oxygens (including phenoxy) is 1. The summed E-state index contributed by atoms with van der Waals surface area (Å²) in [5, 5.41) is 9.42. The van der Waals surface area contributed by atoms with Crippen molar-refractivity contribution in [3.8, 4) is 22.8 Å². The zero-order valence-corrected chi connectivity index (χ0v) is 21.0. The SMILES string of the molecule is COc1ccccc1-c1nnc(SC(C)C(=O)N2CCc3ccccc3C2)n1-c1ccc(C)cc1. The third kappa shape index (κ3) is 4.68. The van der Waals surface area contributed by atoms with Crippen LogP contribution in [0.25, 0.3) is 17.1 Å². The Morgan fingerprint density at radius 2 is 1.69 bits per heavy atom. The van der Waals surface area contributed by atoms with E-state index in [1.165, 1.54) is 28.5 Å². The number of thioether (sulfide) groups is 1. The van der Waals surface area contributed by atoms with Crippen molar-refractivity contribution in [1.82, 2.24) is 19.7 Å². The van der Waals surface area contributed by atoms with Gasteiger partial charge in [-0.3, -0.25) is 9.36 Å². The summed E-state index contributed by atoms with van der Waals surface area (Å²) in [6.07, 6.45) is 0.886. The summed E-state index contributed by atoms with van der Waals surface area (Å²) >= 11 is 1.44. The van der Waals surface area contributed by atoms with Crippen LogP contribution in [0.15, 0.2) is 78.0 Å². The lowest BCUT2D eigenvalue weighted by Crippen LogP contribution is -2.40. The maximum absolute atomic E-state index is 13.4. The third-order valence-electron chi connectivity index (χ3n) is 6.35. The van der Waals surface area contributed by atoms with Crippen LogP contribution in [-0.4, -0.2) is 44.5 Å². The summed E-state index contributed by atoms with van der Waals surface area (Å²) in [6.45, 7) is 5.39. The van der Waals surface area contributed by atoms with Crippen molar-refractivity contribution in [2.45, 2.75) is 37.2 Å². The van der Waals surface area contributed by atoms with Crippen LogP contribution in [0.3, 0.4) is 0 Å². The van der Waals surface area contributed by atoms with E-state index in [9.17, 15) is 4.79 Å². The Hall–Kier alpha value is -3.58. The number of benzene rings is 3. The van der Waals surface area contributed by atoms with E-state index in [2.05, 4.69) is 59.6 Å². The van der Waals surface area contributed by atoms with Crippen LogP contribution >= 0.6 is 11.8 Å². The van der Waals surface area contributed by atoms with Crippen LogP contribution in [0.5, 0.6) is 5.75 Å². The summed E-state index contributed by atoms with van der Waals surface area (Å²) < 4.78 is 7.61. The molecule has 1 aliphatic heterocycles. The highest BCUT2D eigenvalue weighted by atomic mass is 32.2. The van der Waals surface area contributed by atoms with Gasteiger partial charge in [0.25, 0.3) is 0 Å². The average Bonchev–Trinajstić information content (AvgIpc) is 3.31. The van der Waals surface area contributed by atoms with Crippen LogP contribution in [-0.2, 0) is 17.8 Å². The van der Waals surface area contributed by atoms with E-state index in [0.717, 1.165) is 30.0 Å². The number of aromatic nitrogens is 3. The number of carbonyl (C=O) groups excluding carboxylic acids is 1. The summed E-state index contributed by atoms with van der Waals surface area (Å²) in [5.74, 6) is 1.52. The van der Waals surface area contributed by atoms with Gasteiger partial charge in [0.15, 0.2) is 11.0 Å². The van der Waals surface area contributed by atoms with Crippen molar-refractivity contribution in [2.24, 2.45) is 0 Å². The Kier molecular flexibility index (Phi) is 6.59. The molecule has 0 bridgehead atoms. The molecule has 3 aromatic carbocycles. The van der Waals surface area contributed by atoms with Crippen LogP contribution in [0.2, 0.25) is 0 Å². The molecule has 1 amide bonds. The largest absolute Gasteiger partial charge is 0.496 e. The van der Waals surface area contributed by atoms with Crippen LogP contribution in [0, 0.1) is 6.92 Å². The van der Waals surface area contributed by atoms with E-state index >= 15 is 0 Å². The lowest BCUT2D eigenvalue weighted by Gasteiger charge is -2.30. The summed E-state index contributed by atoms with van der Waals surface area (Å²) in [7, 11) is 1.65. The van der Waals surface area contributed by atoms with E-state index < -0.39 is 0 Å². The van der Waals surface area contributed by atoms with Gasteiger partial charge in [0.05, 0.1) is 17.9 Å². The zero-order valence-electron chi connectivity index (χ0n) is 20.1. The van der Waals surface area contributed by atoms with Crippen molar-refractivity contribution < 1.29 is 9.53 Å². The molecule has 5 rings (SSSR count). The number of fused-ring (bicyclic) bond motifs is 1. The van der Waals surface area contributed by atoms with Gasteiger partial charge in [-0.15, -0.1) is 10.2 Å². The molecule has 0 radical (unpaired) electrons. The number of rotatable bonds is 6. The number of nitrogens with zero attached hydrogens (tertiary/aromatic N) is 4. The molecule has 2 heterocycles. The predicted octanol–water partition coefficient (Wildman–Crippen LogP) is 5.32. The van der Waals surface area contributed by atoms with E-state index in [1.54, 1.807) is 7.11 Å². The standard InChI is InChI=1S/C28H28N4O2S/c1-19-12-14-23(15-13-19)32-26(24-10-6-7-11-25(24)34-3)29-30-28(32)35-20(2)27(33)31-17-16-21-8-4-5-9-22(21)18-31/h4-15,20H,16-18H2,1-3H3. The van der Waals surface area contributed by atoms with Gasteiger partial charge in [0.2, 0.25) is 5.91 Å². The highest BCUT2D eigenvalue weighted by molar-refractivity contribution is 8.00. The Morgan fingerprint density at radius 1 is 0.971 bits per heavy atom. The first-order valence-electron chi connectivity index (χ1n) is 11.7. The molecular formula is C28H28N4O2S. The van der Waals surface area contributed by atoms with Gasteiger partial charge in [-0.1, -0.05) is 65.9 Å². The topological polar surface area (TPSA) is 60.3 Å². The first-order chi connectivity index (χ1) is 17.0. The number of para-hydroxylation sites is 1. The van der Waals surface area contributed by atoms with Crippen molar-refractivity contribution in [3.05, 3.63) is 89.5 Å². The van der Waals surface area contributed by atoms with Gasteiger partial charge in [-0.25, -0.2) is 0 Å². The minimum absolute atomic E-state index is 0.113. The molecule has 0 aliphatic carbocycles. The molecule has 1 aliphatic rings. The molecule has 0 N–H and O–H groups in total. The molecule has 0 saturated heterocycles. The highest BCUT2D eigenvalue weighted by Gasteiger charge is 2.28. The third-order valence-corrected chi connectivity index (χ3v) is 7.38. The minimum atomic E-state index is -0.306. The number of hydrogen-bond donors (Lipinski definition) is 0. The summed E-state index contributed by atoms with van der Waals surface area (Å²) in [4.78, 5) is 15.4. The van der Waals surface area contributed by atoms with E-state index in [1.807, 2.05) is 46.7 Å². The monoisotopic (exact) mass is 484 g/mol. The molecule has 7 heteroatoms. The molecule has 0 spiro atoms. The van der Waals surface area contributed by atoms with Gasteiger partial charge in [-0.05, 0) is 55.7 Å². The van der Waals surface area contributed by atoms with Crippen molar-refractivity contribution in [2.75, 3.05) is 13.7 Å². The van der Waals surface area contributed by atoms with E-state index in [-0.39, 0.29) is 11.2 Å². The number of amides is 1. The Morgan fingerprint density at radius 3 is 2.46 bits per heavy atom. The normalized spacial score (nSPS) is 13.9. The summed E-state index contributed by atoms with van der Waals surface area (Å²) in [5.41, 5.74) is 5.52. The van der Waals surface area contributed by atoms with E-state index in [0.29, 0.717) is 17.5 Å². The number of carbonyl (C=O) groups is 1. The Labute approximate surface area is 210 Å². The molecule has 4 aromatic rings. The summed E-state index contributed by atoms with van der Waals surface area (Å²) in [6, 6.07) is 24.4. The molecule has 0 saturated carbocycles. The maximum Gasteiger partial charge on any atom is 0.236 e. The first kappa shape index (κ1) is 23.2. The predicted molar refractivity (Wildman–Crippen MR) is 139 cm³/mol. The Balaban J connectivity index is 1.46. The molecule has 0 fully saturated rings. The van der Waals surface area contributed by atoms with Gasteiger partial charge >= 0.3 is 0 Å². The minimum Gasteiger partial charge on any atom is -0.496 e. The van der Waals surface area contributed by atoms with Crippen LogP contribution in [0.1, 0.15) is 23.6 Å². The van der Waals surface area contributed by atoms with Crippen LogP contribution in [0.4, 0.5) is 0 Å². The molecular weight excluding hydrogens is 456 g/mol. The van der Waals surface area contributed by atoms with Gasteiger partial charge in [0.1, 0.15) is 5.75 Å². The number of hydrogen-bond acceptors (Lipinski definition) is 5. The van der Waals surface area contributed by atoms with Crippen molar-refractivity contribution in [3.63, 3.8) is 0 Å². The molecule has 6 nitrogen and oxygen atoms in total.